The lowest BCUT2D eigenvalue weighted by atomic mass is 10.3. The molecular formula is C8H15N3O2S. The van der Waals surface area contributed by atoms with Gasteiger partial charge in [0.05, 0.1) is 12.6 Å². The van der Waals surface area contributed by atoms with Crippen LogP contribution in [0.2, 0.25) is 0 Å². The van der Waals surface area contributed by atoms with Crippen molar-refractivity contribution in [1.82, 2.24) is 15.5 Å². The highest BCUT2D eigenvalue weighted by atomic mass is 32.2. The van der Waals surface area contributed by atoms with Crippen LogP contribution in [0.15, 0.2) is 0 Å². The smallest absolute Gasteiger partial charge is 0.240 e. The SMILES string of the molecule is CNC(=O)CN(C)C(=O)C1CSCN1. The summed E-state index contributed by atoms with van der Waals surface area (Å²) in [5.41, 5.74) is 0. The van der Waals surface area contributed by atoms with Gasteiger partial charge < -0.3 is 10.2 Å². The van der Waals surface area contributed by atoms with Crippen molar-refractivity contribution in [2.24, 2.45) is 0 Å². The molecule has 0 spiro atoms. The minimum Gasteiger partial charge on any atom is -0.358 e. The van der Waals surface area contributed by atoms with Gasteiger partial charge in [-0.1, -0.05) is 0 Å². The molecule has 1 saturated heterocycles. The van der Waals surface area contributed by atoms with Gasteiger partial charge in [-0.2, -0.15) is 0 Å². The molecule has 0 aromatic heterocycles. The van der Waals surface area contributed by atoms with E-state index in [2.05, 4.69) is 10.6 Å². The standard InChI is InChI=1S/C8H15N3O2S/c1-9-7(12)3-11(2)8(13)6-4-14-5-10-6/h6,10H,3-5H2,1-2H3,(H,9,12). The van der Waals surface area contributed by atoms with Gasteiger partial charge in [-0.25, -0.2) is 0 Å². The first-order valence-corrected chi connectivity index (χ1v) is 5.57. The van der Waals surface area contributed by atoms with Crippen molar-refractivity contribution < 1.29 is 9.59 Å². The number of nitrogens with one attached hydrogen (secondary N) is 2. The van der Waals surface area contributed by atoms with Crippen LogP contribution in [0.5, 0.6) is 0 Å². The first-order valence-electron chi connectivity index (χ1n) is 4.42. The van der Waals surface area contributed by atoms with Gasteiger partial charge in [-0.05, 0) is 0 Å². The molecule has 80 valence electrons. The molecular weight excluding hydrogens is 202 g/mol. The van der Waals surface area contributed by atoms with Gasteiger partial charge in [0.1, 0.15) is 0 Å². The number of carbonyl (C=O) groups excluding carboxylic acids is 2. The van der Waals surface area contributed by atoms with Gasteiger partial charge >= 0.3 is 0 Å². The first-order chi connectivity index (χ1) is 6.65. The molecule has 0 aliphatic carbocycles. The highest BCUT2D eigenvalue weighted by molar-refractivity contribution is 7.99. The lowest BCUT2D eigenvalue weighted by Gasteiger charge is -2.19. The molecule has 0 saturated carbocycles. The van der Waals surface area contributed by atoms with E-state index in [1.807, 2.05) is 0 Å². The molecule has 2 N–H and O–H groups in total. The minimum absolute atomic E-state index is 0.0152. The maximum Gasteiger partial charge on any atom is 0.240 e. The Kier molecular flexibility index (Phi) is 4.21. The van der Waals surface area contributed by atoms with Crippen LogP contribution in [0, 0.1) is 0 Å². The maximum atomic E-state index is 11.7. The highest BCUT2D eigenvalue weighted by Crippen LogP contribution is 2.11. The van der Waals surface area contributed by atoms with Gasteiger partial charge in [-0.15, -0.1) is 11.8 Å². The summed E-state index contributed by atoms with van der Waals surface area (Å²) in [5, 5.41) is 5.55. The number of hydrogen-bond donors (Lipinski definition) is 2. The van der Waals surface area contributed by atoms with Crippen LogP contribution >= 0.6 is 11.8 Å². The summed E-state index contributed by atoms with van der Waals surface area (Å²) in [7, 11) is 3.20. The number of thioether (sulfide) groups is 1. The lowest BCUT2D eigenvalue weighted by molar-refractivity contribution is -0.135. The van der Waals surface area contributed by atoms with Crippen LogP contribution in [0.25, 0.3) is 0 Å². The summed E-state index contributed by atoms with van der Waals surface area (Å²) in [6.45, 7) is 0.123. The van der Waals surface area contributed by atoms with Crippen LogP contribution in [0.3, 0.4) is 0 Å². The molecule has 0 aromatic rings. The normalized spacial score (nSPS) is 20.6. The number of amides is 2. The second kappa shape index (κ2) is 5.21. The Morgan fingerprint density at radius 1 is 1.64 bits per heavy atom. The summed E-state index contributed by atoms with van der Waals surface area (Å²) < 4.78 is 0. The molecule has 1 aliphatic heterocycles. The summed E-state index contributed by atoms with van der Waals surface area (Å²) in [5.74, 6) is 1.44. The molecule has 1 heterocycles. The average molecular weight is 217 g/mol. The molecule has 1 rings (SSSR count). The van der Waals surface area contributed by atoms with E-state index in [9.17, 15) is 9.59 Å². The molecule has 6 heteroatoms. The third kappa shape index (κ3) is 2.88. The minimum atomic E-state index is -0.147. The Hall–Kier alpha value is -0.750. The van der Waals surface area contributed by atoms with Crippen molar-refractivity contribution >= 4 is 23.6 Å². The van der Waals surface area contributed by atoms with E-state index in [0.717, 1.165) is 11.6 Å². The van der Waals surface area contributed by atoms with Crippen molar-refractivity contribution in [2.75, 3.05) is 32.3 Å². The molecule has 0 radical (unpaired) electrons. The van der Waals surface area contributed by atoms with Gasteiger partial charge in [0.25, 0.3) is 0 Å². The molecule has 1 unspecified atom stereocenters. The topological polar surface area (TPSA) is 61.4 Å². The van der Waals surface area contributed by atoms with E-state index >= 15 is 0 Å². The first kappa shape index (κ1) is 11.3. The molecule has 14 heavy (non-hydrogen) atoms. The van der Waals surface area contributed by atoms with Crippen molar-refractivity contribution in [1.29, 1.82) is 0 Å². The third-order valence-electron chi connectivity index (χ3n) is 2.05. The van der Waals surface area contributed by atoms with Crippen LogP contribution in [0.4, 0.5) is 0 Å². The van der Waals surface area contributed by atoms with Crippen molar-refractivity contribution in [3.63, 3.8) is 0 Å². The van der Waals surface area contributed by atoms with E-state index in [1.165, 1.54) is 4.90 Å². The van der Waals surface area contributed by atoms with Gasteiger partial charge in [0, 0.05) is 25.7 Å². The second-order valence-corrected chi connectivity index (χ2v) is 4.17. The van der Waals surface area contributed by atoms with E-state index in [4.69, 9.17) is 0 Å². The molecule has 1 atom stereocenters. The van der Waals surface area contributed by atoms with E-state index in [-0.39, 0.29) is 24.4 Å². The van der Waals surface area contributed by atoms with E-state index < -0.39 is 0 Å². The molecule has 1 fully saturated rings. The Labute approximate surface area is 87.6 Å². The number of carbonyl (C=O) groups is 2. The molecule has 5 nitrogen and oxygen atoms in total. The predicted molar refractivity (Wildman–Crippen MR) is 56.0 cm³/mol. The van der Waals surface area contributed by atoms with Gasteiger partial charge in [0.15, 0.2) is 0 Å². The van der Waals surface area contributed by atoms with Gasteiger partial charge in [0.2, 0.25) is 11.8 Å². The number of likely N-dealkylation sites (N-methyl/N-ethyl adjacent to an activating group) is 2. The van der Waals surface area contributed by atoms with Gasteiger partial charge in [-0.3, -0.25) is 14.9 Å². The zero-order valence-electron chi connectivity index (χ0n) is 8.37. The van der Waals surface area contributed by atoms with Crippen molar-refractivity contribution in [2.45, 2.75) is 6.04 Å². The van der Waals surface area contributed by atoms with Crippen LogP contribution in [-0.4, -0.2) is 55.0 Å². The zero-order chi connectivity index (χ0) is 10.6. The lowest BCUT2D eigenvalue weighted by Crippen LogP contribution is -2.46. The third-order valence-corrected chi connectivity index (χ3v) is 2.99. The van der Waals surface area contributed by atoms with Crippen molar-refractivity contribution in [3.05, 3.63) is 0 Å². The van der Waals surface area contributed by atoms with Crippen LogP contribution < -0.4 is 10.6 Å². The fraction of sp³-hybridized carbons (Fsp3) is 0.750. The zero-order valence-corrected chi connectivity index (χ0v) is 9.19. The number of hydrogen-bond acceptors (Lipinski definition) is 4. The quantitative estimate of drug-likeness (QED) is 0.627. The molecule has 0 bridgehead atoms. The fourth-order valence-electron chi connectivity index (χ4n) is 1.19. The molecule has 0 aromatic carbocycles. The summed E-state index contributed by atoms with van der Waals surface area (Å²) >= 11 is 1.69. The Morgan fingerprint density at radius 2 is 2.36 bits per heavy atom. The highest BCUT2D eigenvalue weighted by Gasteiger charge is 2.25. The molecule has 2 amide bonds. The Morgan fingerprint density at radius 3 is 2.86 bits per heavy atom. The summed E-state index contributed by atoms with van der Waals surface area (Å²) in [6.07, 6.45) is 0. The Balaban J connectivity index is 2.39. The Bertz CT molecular complexity index is 229. The second-order valence-electron chi connectivity index (χ2n) is 3.14. The summed E-state index contributed by atoms with van der Waals surface area (Å²) in [6, 6.07) is -0.130. The van der Waals surface area contributed by atoms with Crippen LogP contribution in [0.1, 0.15) is 0 Å². The maximum absolute atomic E-state index is 11.7. The largest absolute Gasteiger partial charge is 0.358 e. The van der Waals surface area contributed by atoms with Crippen LogP contribution in [-0.2, 0) is 9.59 Å². The van der Waals surface area contributed by atoms with E-state index in [0.29, 0.717) is 0 Å². The molecule has 1 aliphatic rings. The monoisotopic (exact) mass is 217 g/mol. The van der Waals surface area contributed by atoms with E-state index in [1.54, 1.807) is 25.9 Å². The average Bonchev–Trinajstić information content (AvgIpc) is 2.69. The number of rotatable bonds is 3. The van der Waals surface area contributed by atoms with Crippen molar-refractivity contribution in [3.8, 4) is 0 Å². The number of nitrogens with zero attached hydrogens (tertiary/aromatic N) is 1. The predicted octanol–water partition coefficient (Wildman–Crippen LogP) is -1.15. The fourth-order valence-corrected chi connectivity index (χ4v) is 2.13. The summed E-state index contributed by atoms with van der Waals surface area (Å²) in [4.78, 5) is 24.1.